The highest BCUT2D eigenvalue weighted by Gasteiger charge is 2.11. The number of carbonyl (C=O) groups is 2. The van der Waals surface area contributed by atoms with Crippen molar-refractivity contribution in [1.82, 2.24) is 0 Å². The summed E-state index contributed by atoms with van der Waals surface area (Å²) in [6.45, 7) is 6.39. The van der Waals surface area contributed by atoms with E-state index < -0.39 is 5.97 Å². The van der Waals surface area contributed by atoms with Crippen LogP contribution >= 0.6 is 0 Å². The summed E-state index contributed by atoms with van der Waals surface area (Å²) in [7, 11) is 0. The van der Waals surface area contributed by atoms with Gasteiger partial charge in [0.15, 0.2) is 0 Å². The van der Waals surface area contributed by atoms with Crippen molar-refractivity contribution in [2.24, 2.45) is 11.8 Å². The van der Waals surface area contributed by atoms with E-state index in [4.69, 9.17) is 5.11 Å². The van der Waals surface area contributed by atoms with Gasteiger partial charge in [-0.2, -0.15) is 0 Å². The van der Waals surface area contributed by atoms with Crippen LogP contribution in [0.15, 0.2) is 24.3 Å². The highest BCUT2D eigenvalue weighted by atomic mass is 16.4. The predicted octanol–water partition coefficient (Wildman–Crippen LogP) is 3.71. The number of hydrogen-bond acceptors (Lipinski definition) is 2. The number of aryl methyl sites for hydroxylation is 1. The molecular weight excluding hydrogens is 266 g/mol. The van der Waals surface area contributed by atoms with Crippen molar-refractivity contribution in [3.8, 4) is 0 Å². The molecule has 0 aliphatic heterocycles. The monoisotopic (exact) mass is 291 g/mol. The van der Waals surface area contributed by atoms with Gasteiger partial charge < -0.3 is 10.4 Å². The van der Waals surface area contributed by atoms with Crippen LogP contribution in [0.25, 0.3) is 0 Å². The Kier molecular flexibility index (Phi) is 6.92. The number of nitrogens with one attached hydrogen (secondary N) is 1. The van der Waals surface area contributed by atoms with Crippen LogP contribution in [0, 0.1) is 11.8 Å². The molecule has 21 heavy (non-hydrogen) atoms. The SMILES string of the molecule is CC(C)CC(C)CC(=O)Nc1cccc(CCC(=O)O)c1. The molecule has 1 aromatic carbocycles. The molecule has 116 valence electrons. The fraction of sp³-hybridized carbons (Fsp3) is 0.529. The third-order valence-corrected chi connectivity index (χ3v) is 3.25. The zero-order valence-electron chi connectivity index (χ0n) is 13.1. The van der Waals surface area contributed by atoms with Gasteiger partial charge in [0, 0.05) is 18.5 Å². The van der Waals surface area contributed by atoms with Gasteiger partial charge in [0.2, 0.25) is 5.91 Å². The molecule has 2 N–H and O–H groups in total. The van der Waals surface area contributed by atoms with E-state index in [1.54, 1.807) is 0 Å². The zero-order valence-corrected chi connectivity index (χ0v) is 13.1. The summed E-state index contributed by atoms with van der Waals surface area (Å²) in [4.78, 5) is 22.6. The minimum atomic E-state index is -0.813. The van der Waals surface area contributed by atoms with Crippen molar-refractivity contribution in [2.75, 3.05) is 5.32 Å². The van der Waals surface area contributed by atoms with Crippen LogP contribution in [0.2, 0.25) is 0 Å². The molecule has 4 nitrogen and oxygen atoms in total. The standard InChI is InChI=1S/C17H25NO3/c1-12(2)9-13(3)10-16(19)18-15-6-4-5-14(11-15)7-8-17(20)21/h4-6,11-13H,7-10H2,1-3H3,(H,18,19)(H,20,21). The fourth-order valence-corrected chi connectivity index (χ4v) is 2.47. The Morgan fingerprint density at radius 3 is 2.57 bits per heavy atom. The number of rotatable bonds is 8. The first-order valence-electron chi connectivity index (χ1n) is 7.47. The summed E-state index contributed by atoms with van der Waals surface area (Å²) in [6, 6.07) is 7.38. The minimum Gasteiger partial charge on any atom is -0.481 e. The second-order valence-corrected chi connectivity index (χ2v) is 6.08. The summed E-state index contributed by atoms with van der Waals surface area (Å²) >= 11 is 0. The summed E-state index contributed by atoms with van der Waals surface area (Å²) in [5.74, 6) is 0.151. The molecule has 1 atom stereocenters. The fourth-order valence-electron chi connectivity index (χ4n) is 2.47. The van der Waals surface area contributed by atoms with E-state index in [9.17, 15) is 9.59 Å². The van der Waals surface area contributed by atoms with Crippen molar-refractivity contribution in [2.45, 2.75) is 46.5 Å². The second-order valence-electron chi connectivity index (χ2n) is 6.08. The van der Waals surface area contributed by atoms with Crippen LogP contribution in [-0.4, -0.2) is 17.0 Å². The molecule has 1 amide bonds. The lowest BCUT2D eigenvalue weighted by Crippen LogP contribution is -2.16. The van der Waals surface area contributed by atoms with Gasteiger partial charge in [-0.3, -0.25) is 9.59 Å². The van der Waals surface area contributed by atoms with Crippen molar-refractivity contribution < 1.29 is 14.7 Å². The van der Waals surface area contributed by atoms with Crippen LogP contribution in [0.5, 0.6) is 0 Å². The van der Waals surface area contributed by atoms with Crippen LogP contribution in [0.1, 0.15) is 45.6 Å². The van der Waals surface area contributed by atoms with Crippen molar-refractivity contribution >= 4 is 17.6 Å². The van der Waals surface area contributed by atoms with E-state index in [1.807, 2.05) is 24.3 Å². The van der Waals surface area contributed by atoms with Crippen LogP contribution in [0.3, 0.4) is 0 Å². The highest BCUT2D eigenvalue weighted by molar-refractivity contribution is 5.90. The Labute approximate surface area is 126 Å². The van der Waals surface area contributed by atoms with Gasteiger partial charge in [-0.25, -0.2) is 0 Å². The summed E-state index contributed by atoms with van der Waals surface area (Å²) in [6.07, 6.45) is 2.12. The average molecular weight is 291 g/mol. The molecule has 0 bridgehead atoms. The maximum absolute atomic E-state index is 12.0. The first-order valence-corrected chi connectivity index (χ1v) is 7.47. The molecule has 0 radical (unpaired) electrons. The Balaban J connectivity index is 2.52. The number of carboxylic acids is 1. The van der Waals surface area contributed by atoms with E-state index in [1.165, 1.54) is 0 Å². The molecule has 0 aliphatic rings. The first kappa shape index (κ1) is 17.2. The lowest BCUT2D eigenvalue weighted by Gasteiger charge is -2.14. The van der Waals surface area contributed by atoms with E-state index in [2.05, 4.69) is 26.1 Å². The normalized spacial score (nSPS) is 12.2. The Hall–Kier alpha value is -1.84. The maximum Gasteiger partial charge on any atom is 0.303 e. The predicted molar refractivity (Wildman–Crippen MR) is 84.3 cm³/mol. The van der Waals surface area contributed by atoms with Gasteiger partial charge in [-0.15, -0.1) is 0 Å². The summed E-state index contributed by atoms with van der Waals surface area (Å²) < 4.78 is 0. The summed E-state index contributed by atoms with van der Waals surface area (Å²) in [5, 5.41) is 11.6. The number of aliphatic carboxylic acids is 1. The molecule has 0 aromatic heterocycles. The van der Waals surface area contributed by atoms with Crippen LogP contribution in [0.4, 0.5) is 5.69 Å². The van der Waals surface area contributed by atoms with Gasteiger partial charge >= 0.3 is 5.97 Å². The number of anilines is 1. The Bertz CT molecular complexity index is 483. The number of carbonyl (C=O) groups excluding carboxylic acids is 1. The van der Waals surface area contributed by atoms with Gasteiger partial charge in [0.05, 0.1) is 0 Å². The quantitative estimate of drug-likeness (QED) is 0.767. The average Bonchev–Trinajstić information content (AvgIpc) is 2.35. The van der Waals surface area contributed by atoms with Crippen LogP contribution in [-0.2, 0) is 16.0 Å². The van der Waals surface area contributed by atoms with E-state index >= 15 is 0 Å². The van der Waals surface area contributed by atoms with Gasteiger partial charge in [0.1, 0.15) is 0 Å². The third kappa shape index (κ3) is 7.49. The molecule has 0 saturated carbocycles. The van der Waals surface area contributed by atoms with Crippen molar-refractivity contribution in [1.29, 1.82) is 0 Å². The number of benzene rings is 1. The maximum atomic E-state index is 12.0. The lowest BCUT2D eigenvalue weighted by atomic mass is 9.96. The van der Waals surface area contributed by atoms with Crippen LogP contribution < -0.4 is 5.32 Å². The van der Waals surface area contributed by atoms with Crippen molar-refractivity contribution in [3.05, 3.63) is 29.8 Å². The molecular formula is C17H25NO3. The Morgan fingerprint density at radius 1 is 1.24 bits per heavy atom. The zero-order chi connectivity index (χ0) is 15.8. The largest absolute Gasteiger partial charge is 0.481 e. The number of carboxylic acid groups (broad SMARTS) is 1. The van der Waals surface area contributed by atoms with E-state index in [-0.39, 0.29) is 12.3 Å². The van der Waals surface area contributed by atoms with Gasteiger partial charge in [-0.1, -0.05) is 32.9 Å². The van der Waals surface area contributed by atoms with E-state index in [0.717, 1.165) is 17.7 Å². The highest BCUT2D eigenvalue weighted by Crippen LogP contribution is 2.17. The first-order chi connectivity index (χ1) is 9.86. The van der Waals surface area contributed by atoms with Crippen molar-refractivity contribution in [3.63, 3.8) is 0 Å². The molecule has 4 heteroatoms. The number of amides is 1. The summed E-state index contributed by atoms with van der Waals surface area (Å²) in [5.41, 5.74) is 1.66. The molecule has 0 spiro atoms. The topological polar surface area (TPSA) is 66.4 Å². The molecule has 0 aliphatic carbocycles. The minimum absolute atomic E-state index is 0.0125. The Morgan fingerprint density at radius 2 is 1.95 bits per heavy atom. The second kappa shape index (κ2) is 8.45. The molecule has 1 rings (SSSR count). The van der Waals surface area contributed by atoms with E-state index in [0.29, 0.717) is 24.7 Å². The molecule has 0 saturated heterocycles. The molecule has 1 aromatic rings. The third-order valence-electron chi connectivity index (χ3n) is 3.25. The number of hydrogen-bond donors (Lipinski definition) is 2. The van der Waals surface area contributed by atoms with Gasteiger partial charge in [0.25, 0.3) is 0 Å². The molecule has 0 heterocycles. The molecule has 0 fully saturated rings. The van der Waals surface area contributed by atoms with Gasteiger partial charge in [-0.05, 0) is 42.4 Å². The molecule has 1 unspecified atom stereocenters. The smallest absolute Gasteiger partial charge is 0.303 e. The lowest BCUT2D eigenvalue weighted by molar-refractivity contribution is -0.137.